The summed E-state index contributed by atoms with van der Waals surface area (Å²) in [7, 11) is 2.10. The minimum Gasteiger partial charge on any atom is -0.435 e. The molecule has 0 aliphatic carbocycles. The molecule has 3 aliphatic heterocycles. The predicted molar refractivity (Wildman–Crippen MR) is 399 cm³/mol. The van der Waals surface area contributed by atoms with E-state index in [9.17, 15) is 27.6 Å². The molecule has 4 aromatic carbocycles. The Morgan fingerprint density at radius 3 is 1.14 bits per heavy atom. The monoisotopic (exact) mass is 1480 g/mol. The third-order valence-electron chi connectivity index (χ3n) is 18.5. The molecule has 0 unspecified atom stereocenters. The van der Waals surface area contributed by atoms with Crippen molar-refractivity contribution in [3.63, 3.8) is 0 Å². The van der Waals surface area contributed by atoms with E-state index in [0.717, 1.165) is 120 Å². The molecule has 108 heavy (non-hydrogen) atoms. The Kier molecular flexibility index (Phi) is 22.1. The number of hydrogen-bond donors (Lipinski definition) is 7. The van der Waals surface area contributed by atoms with Gasteiger partial charge in [-0.3, -0.25) is 14.4 Å². The van der Waals surface area contributed by atoms with Gasteiger partial charge in [0, 0.05) is 141 Å². The molecule has 11 heterocycles. The second kappa shape index (κ2) is 32.2. The standard InChI is InChI=1S/C26H27F2N7O2.C25H25F2N7O2.C25H24F2N6O2/c1-4-34-7-9-35(10-8-34)17-5-6-21(29-13-17)33-25-22(16(3)36)26(31-14-30-25)37-20-12-19(27)24-18(23(20)28)11-15(2)32-24;1-14-10-17-22(27)19(11-18(26)23(17)31-14)36-25-21(15(2)35)24(29-13-30-25)32-20-5-4-16(12-28-20)34-8-6-33(3)7-9-34;1-14-11-18-22(27)20(12-19(26)23(18)31-14)35-25-21(15(2)34)24(29-13-30-25)32-16-3-5-17(6-4-16)33-9-7-28-8-10-33/h5-6,11-14,32H,4,7-10H2,1-3H3,(H,29,30,31,33);4-5,10-13,31H,6-9H2,1-3H3,(H,28,29,30,32);3-6,11-13,28,31H,7-10H2,1-2H3,(H,29,30,32). The number of nitrogens with one attached hydrogen (secondary N) is 7. The van der Waals surface area contributed by atoms with Gasteiger partial charge in [-0.25, -0.2) is 66.2 Å². The number of anilines is 9. The van der Waals surface area contributed by atoms with Gasteiger partial charge in [-0.05, 0) is 122 Å². The van der Waals surface area contributed by atoms with Crippen molar-refractivity contribution in [1.82, 2.24) is 69.9 Å². The number of aromatic amines is 3. The Labute approximate surface area is 615 Å². The van der Waals surface area contributed by atoms with Crippen molar-refractivity contribution >= 4 is 102 Å². The number of aromatic nitrogens is 11. The fourth-order valence-corrected chi connectivity index (χ4v) is 12.9. The van der Waals surface area contributed by atoms with Gasteiger partial charge in [-0.1, -0.05) is 6.92 Å². The summed E-state index contributed by atoms with van der Waals surface area (Å²) >= 11 is 0. The van der Waals surface area contributed by atoms with E-state index in [-0.39, 0.29) is 108 Å². The molecule has 26 nitrogen and oxygen atoms in total. The first-order chi connectivity index (χ1) is 52.0. The Balaban J connectivity index is 0.000000143. The molecule has 0 spiro atoms. The number of rotatable bonds is 19. The second-order valence-corrected chi connectivity index (χ2v) is 26.1. The third-order valence-corrected chi connectivity index (χ3v) is 18.5. The Bertz CT molecular complexity index is 5310. The lowest BCUT2D eigenvalue weighted by Gasteiger charge is -2.35. The molecule has 15 rings (SSSR count). The topological polar surface area (TPSA) is 294 Å². The van der Waals surface area contributed by atoms with E-state index in [2.05, 4.69) is 115 Å². The van der Waals surface area contributed by atoms with Crippen LogP contribution in [0.4, 0.5) is 78.2 Å². The van der Waals surface area contributed by atoms with Crippen molar-refractivity contribution in [1.29, 1.82) is 0 Å². The molecule has 558 valence electrons. The van der Waals surface area contributed by atoms with Crippen LogP contribution in [0.5, 0.6) is 34.9 Å². The number of ketones is 3. The van der Waals surface area contributed by atoms with Crippen LogP contribution < -0.4 is 50.2 Å². The number of likely N-dealkylation sites (N-methyl/N-ethyl adjacent to an activating group) is 2. The molecule has 3 fully saturated rings. The number of carbonyl (C=O) groups is 3. The molecule has 32 heteroatoms. The van der Waals surface area contributed by atoms with Crippen molar-refractivity contribution in [3.05, 3.63) is 185 Å². The van der Waals surface area contributed by atoms with Crippen LogP contribution in [-0.2, 0) is 0 Å². The average Bonchev–Trinajstić information content (AvgIpc) is 1.78. The Hall–Kier alpha value is -12.3. The molecule has 0 atom stereocenters. The van der Waals surface area contributed by atoms with E-state index in [1.165, 1.54) is 58.0 Å². The van der Waals surface area contributed by atoms with Crippen LogP contribution in [0, 0.1) is 55.7 Å². The van der Waals surface area contributed by atoms with Gasteiger partial charge in [-0.2, -0.15) is 0 Å². The average molecular weight is 1480 g/mol. The number of aryl methyl sites for hydroxylation is 3. The van der Waals surface area contributed by atoms with Gasteiger partial charge in [0.2, 0.25) is 17.6 Å². The van der Waals surface area contributed by atoms with Crippen molar-refractivity contribution in [2.24, 2.45) is 0 Å². The Morgan fingerprint density at radius 2 is 0.787 bits per heavy atom. The molecule has 0 bridgehead atoms. The van der Waals surface area contributed by atoms with E-state index in [0.29, 0.717) is 34.4 Å². The van der Waals surface area contributed by atoms with Gasteiger partial charge in [0.25, 0.3) is 0 Å². The first-order valence-electron chi connectivity index (χ1n) is 34.8. The largest absolute Gasteiger partial charge is 0.435 e. The maximum atomic E-state index is 15.1. The summed E-state index contributed by atoms with van der Waals surface area (Å²) < 4.78 is 106. The predicted octanol–water partition coefficient (Wildman–Crippen LogP) is 13.9. The number of ether oxygens (including phenoxy) is 3. The summed E-state index contributed by atoms with van der Waals surface area (Å²) in [5, 5.41) is 12.6. The van der Waals surface area contributed by atoms with E-state index >= 15 is 13.2 Å². The van der Waals surface area contributed by atoms with Gasteiger partial charge in [0.1, 0.15) is 64.8 Å². The minimum atomic E-state index is -0.764. The van der Waals surface area contributed by atoms with E-state index in [1.54, 1.807) is 45.3 Å². The molecule has 3 aliphatic rings. The maximum Gasteiger partial charge on any atom is 0.235 e. The molecule has 0 amide bonds. The van der Waals surface area contributed by atoms with Gasteiger partial charge >= 0.3 is 0 Å². The Morgan fingerprint density at radius 1 is 0.435 bits per heavy atom. The van der Waals surface area contributed by atoms with Crippen LogP contribution in [0.2, 0.25) is 0 Å². The number of Topliss-reactive ketones (excluding diaryl/α,β-unsaturated/α-hetero) is 3. The van der Waals surface area contributed by atoms with Crippen LogP contribution in [-0.4, -0.2) is 174 Å². The van der Waals surface area contributed by atoms with Gasteiger partial charge in [0.05, 0.1) is 40.3 Å². The fraction of sp³-hybridized carbons (Fsp3) is 0.276. The third kappa shape index (κ3) is 16.4. The number of halogens is 6. The highest BCUT2D eigenvalue weighted by atomic mass is 19.1. The van der Waals surface area contributed by atoms with Crippen molar-refractivity contribution in [3.8, 4) is 34.9 Å². The van der Waals surface area contributed by atoms with E-state index in [4.69, 9.17) is 14.2 Å². The fourth-order valence-electron chi connectivity index (χ4n) is 12.9. The summed E-state index contributed by atoms with van der Waals surface area (Å²) in [6.45, 7) is 23.6. The van der Waals surface area contributed by atoms with Crippen molar-refractivity contribution in [2.75, 3.05) is 123 Å². The number of benzene rings is 4. The van der Waals surface area contributed by atoms with Crippen LogP contribution in [0.15, 0.2) is 116 Å². The first kappa shape index (κ1) is 74.0. The first-order valence-corrected chi connectivity index (χ1v) is 34.8. The highest BCUT2D eigenvalue weighted by Crippen LogP contribution is 2.40. The van der Waals surface area contributed by atoms with E-state index < -0.39 is 46.5 Å². The number of carbonyl (C=O) groups excluding carboxylic acids is 3. The van der Waals surface area contributed by atoms with Gasteiger partial charge in [0.15, 0.2) is 69.5 Å². The summed E-state index contributed by atoms with van der Waals surface area (Å²) in [6, 6.07) is 22.5. The molecular formula is C76H76F6N20O6. The number of nitrogens with zero attached hydrogens (tertiary/aromatic N) is 13. The smallest absolute Gasteiger partial charge is 0.235 e. The normalized spacial score (nSPS) is 14.1. The zero-order chi connectivity index (χ0) is 76.0. The van der Waals surface area contributed by atoms with Crippen LogP contribution >= 0.6 is 0 Å². The molecule has 7 N–H and O–H groups in total. The van der Waals surface area contributed by atoms with Crippen LogP contribution in [0.3, 0.4) is 0 Å². The lowest BCUT2D eigenvalue weighted by Crippen LogP contribution is -2.46. The van der Waals surface area contributed by atoms with Gasteiger partial charge in [-0.15, -0.1) is 0 Å². The number of H-pyrrole nitrogens is 3. The highest BCUT2D eigenvalue weighted by Gasteiger charge is 2.28. The molecule has 3 saturated heterocycles. The SMILES string of the molecule is CC(=O)c1c(Nc2ccc(N3CCN(C)CC3)cn2)ncnc1Oc1cc(F)c2[nH]c(C)cc2c1F.CC(=O)c1c(Nc2ccc(N3CCNCC3)cc2)ncnc1Oc1cc(F)c2[nH]c(C)cc2c1F.CCN1CCN(c2ccc(Nc3ncnc(Oc4cc(F)c5[nH]c(C)cc5c4F)c3C(C)=O)nc2)CC1. The minimum absolute atomic E-state index is 0.00535. The molecule has 12 aromatic rings. The number of piperazine rings is 3. The quantitative estimate of drug-likeness (QED) is 0.0292. The zero-order valence-electron chi connectivity index (χ0n) is 60.2. The van der Waals surface area contributed by atoms with E-state index in [1.807, 2.05) is 36.4 Å². The van der Waals surface area contributed by atoms with Crippen LogP contribution in [0.25, 0.3) is 32.7 Å². The summed E-state index contributed by atoms with van der Waals surface area (Å²) in [6.07, 6.45) is 7.08. The summed E-state index contributed by atoms with van der Waals surface area (Å²) in [5.41, 5.74) is 5.78. The molecule has 0 radical (unpaired) electrons. The van der Waals surface area contributed by atoms with Crippen molar-refractivity contribution in [2.45, 2.75) is 48.5 Å². The molecule has 0 saturated carbocycles. The number of fused-ring (bicyclic) bond motifs is 3. The number of hydrogen-bond acceptors (Lipinski definition) is 23. The zero-order valence-corrected chi connectivity index (χ0v) is 60.2. The number of pyridine rings is 2. The van der Waals surface area contributed by atoms with Gasteiger partial charge < -0.3 is 74.9 Å². The second-order valence-electron chi connectivity index (χ2n) is 26.1. The lowest BCUT2D eigenvalue weighted by atomic mass is 10.2. The highest BCUT2D eigenvalue weighted by molar-refractivity contribution is 6.03. The summed E-state index contributed by atoms with van der Waals surface area (Å²) in [5.74, 6) is -5.83. The molecule has 8 aromatic heterocycles. The van der Waals surface area contributed by atoms with Crippen molar-refractivity contribution < 1.29 is 54.9 Å². The van der Waals surface area contributed by atoms with Crippen LogP contribution in [0.1, 0.15) is 75.9 Å². The maximum absolute atomic E-state index is 15.1. The lowest BCUT2D eigenvalue weighted by molar-refractivity contribution is 0.100. The summed E-state index contributed by atoms with van der Waals surface area (Å²) in [4.78, 5) is 90.9. The molecular weight excluding hydrogens is 1400 g/mol.